The zero-order valence-corrected chi connectivity index (χ0v) is 11.1. The zero-order valence-electron chi connectivity index (χ0n) is 11.1. The van der Waals surface area contributed by atoms with Crippen LogP contribution in [0.15, 0.2) is 18.2 Å². The van der Waals surface area contributed by atoms with Crippen molar-refractivity contribution in [3.05, 3.63) is 29.3 Å². The molecular formula is C15H22N2O. The van der Waals surface area contributed by atoms with E-state index in [2.05, 4.69) is 35.5 Å². The number of piperidine rings is 1. The van der Waals surface area contributed by atoms with Gasteiger partial charge in [0.2, 0.25) is 0 Å². The highest BCUT2D eigenvalue weighted by Gasteiger charge is 2.18. The lowest BCUT2D eigenvalue weighted by atomic mass is 9.99. The van der Waals surface area contributed by atoms with Crippen LogP contribution in [-0.2, 0) is 13.1 Å². The van der Waals surface area contributed by atoms with Crippen LogP contribution in [0.3, 0.4) is 0 Å². The van der Waals surface area contributed by atoms with E-state index in [1.807, 2.05) is 0 Å². The van der Waals surface area contributed by atoms with Gasteiger partial charge in [-0.15, -0.1) is 0 Å². The molecule has 1 aromatic carbocycles. The first kappa shape index (κ1) is 12.0. The van der Waals surface area contributed by atoms with E-state index in [9.17, 15) is 0 Å². The lowest BCUT2D eigenvalue weighted by Gasteiger charge is -2.29. The van der Waals surface area contributed by atoms with Crippen LogP contribution in [0.2, 0.25) is 0 Å². The highest BCUT2D eigenvalue weighted by Crippen LogP contribution is 2.23. The fourth-order valence-electron chi connectivity index (χ4n) is 2.98. The Morgan fingerprint density at radius 3 is 3.11 bits per heavy atom. The summed E-state index contributed by atoms with van der Waals surface area (Å²) in [5, 5.41) is 3.36. The molecule has 1 aromatic rings. The Labute approximate surface area is 109 Å². The van der Waals surface area contributed by atoms with Crippen molar-refractivity contribution in [2.45, 2.75) is 25.9 Å². The van der Waals surface area contributed by atoms with Gasteiger partial charge in [-0.3, -0.25) is 0 Å². The first-order valence-electron chi connectivity index (χ1n) is 6.95. The van der Waals surface area contributed by atoms with E-state index in [4.69, 9.17) is 4.74 Å². The van der Waals surface area contributed by atoms with E-state index in [-0.39, 0.29) is 0 Å². The molecule has 0 aromatic heterocycles. The number of nitrogens with zero attached hydrogens (tertiary/aromatic N) is 1. The van der Waals surface area contributed by atoms with Crippen molar-refractivity contribution in [3.63, 3.8) is 0 Å². The van der Waals surface area contributed by atoms with Gasteiger partial charge in [-0.2, -0.15) is 0 Å². The van der Waals surface area contributed by atoms with Crippen molar-refractivity contribution in [3.8, 4) is 5.75 Å². The third-order valence-corrected chi connectivity index (χ3v) is 4.02. The second-order valence-corrected chi connectivity index (χ2v) is 5.62. The third kappa shape index (κ3) is 2.68. The summed E-state index contributed by atoms with van der Waals surface area (Å²) in [5.74, 6) is 1.72. The number of likely N-dealkylation sites (tertiary alicyclic amines) is 1. The van der Waals surface area contributed by atoms with Crippen molar-refractivity contribution in [2.24, 2.45) is 5.92 Å². The largest absolute Gasteiger partial charge is 0.493 e. The molecule has 0 aliphatic carbocycles. The molecule has 0 radical (unpaired) electrons. The Hall–Kier alpha value is -1.06. The van der Waals surface area contributed by atoms with Crippen molar-refractivity contribution in [2.75, 3.05) is 26.7 Å². The number of rotatable bonds is 3. The molecule has 1 fully saturated rings. The van der Waals surface area contributed by atoms with E-state index in [1.165, 1.54) is 37.1 Å². The Morgan fingerprint density at radius 2 is 2.22 bits per heavy atom. The zero-order chi connectivity index (χ0) is 12.4. The number of hydrogen-bond acceptors (Lipinski definition) is 3. The van der Waals surface area contributed by atoms with Gasteiger partial charge in [-0.05, 0) is 49.7 Å². The van der Waals surface area contributed by atoms with Crippen LogP contribution < -0.4 is 10.1 Å². The summed E-state index contributed by atoms with van der Waals surface area (Å²) in [6.45, 7) is 5.26. The normalized spacial score (nSPS) is 23.9. The molecule has 0 amide bonds. The van der Waals surface area contributed by atoms with Crippen LogP contribution in [0.25, 0.3) is 0 Å². The molecular weight excluding hydrogens is 224 g/mol. The van der Waals surface area contributed by atoms with Gasteiger partial charge in [0, 0.05) is 25.6 Å². The maximum Gasteiger partial charge on any atom is 0.119 e. The molecule has 0 spiro atoms. The first-order chi connectivity index (χ1) is 8.81. The average molecular weight is 246 g/mol. The molecule has 1 N–H and O–H groups in total. The summed E-state index contributed by atoms with van der Waals surface area (Å²) >= 11 is 0. The van der Waals surface area contributed by atoms with Crippen LogP contribution in [0, 0.1) is 5.92 Å². The molecule has 1 atom stereocenters. The molecule has 18 heavy (non-hydrogen) atoms. The summed E-state index contributed by atoms with van der Waals surface area (Å²) in [6, 6.07) is 6.50. The Kier molecular flexibility index (Phi) is 3.52. The average Bonchev–Trinajstić information content (AvgIpc) is 2.84. The van der Waals surface area contributed by atoms with Crippen molar-refractivity contribution >= 4 is 0 Å². The Balaban J connectivity index is 1.56. The molecule has 2 aliphatic heterocycles. The highest BCUT2D eigenvalue weighted by atomic mass is 16.5. The van der Waals surface area contributed by atoms with Gasteiger partial charge in [-0.25, -0.2) is 0 Å². The van der Waals surface area contributed by atoms with Crippen LogP contribution in [0.4, 0.5) is 0 Å². The van der Waals surface area contributed by atoms with Crippen molar-refractivity contribution < 1.29 is 4.74 Å². The van der Waals surface area contributed by atoms with Crippen LogP contribution in [0.5, 0.6) is 5.75 Å². The summed E-state index contributed by atoms with van der Waals surface area (Å²) in [4.78, 5) is 2.41. The van der Waals surface area contributed by atoms with E-state index >= 15 is 0 Å². The number of nitrogens with one attached hydrogen (secondary N) is 1. The molecule has 0 saturated carbocycles. The minimum absolute atomic E-state index is 0.690. The molecule has 3 rings (SSSR count). The van der Waals surface area contributed by atoms with E-state index in [0.29, 0.717) is 5.92 Å². The smallest absolute Gasteiger partial charge is 0.119 e. The van der Waals surface area contributed by atoms with Crippen LogP contribution in [-0.4, -0.2) is 31.6 Å². The molecule has 2 aliphatic rings. The molecule has 0 bridgehead atoms. The number of ether oxygens (including phenoxy) is 1. The Bertz CT molecular complexity index is 419. The topological polar surface area (TPSA) is 24.5 Å². The predicted octanol–water partition coefficient (Wildman–Crippen LogP) is 2.01. The minimum Gasteiger partial charge on any atom is -0.493 e. The maximum absolute atomic E-state index is 5.96. The van der Waals surface area contributed by atoms with Crippen molar-refractivity contribution in [1.29, 1.82) is 0 Å². The van der Waals surface area contributed by atoms with Gasteiger partial charge >= 0.3 is 0 Å². The minimum atomic E-state index is 0.690. The summed E-state index contributed by atoms with van der Waals surface area (Å²) in [6.07, 6.45) is 2.61. The van der Waals surface area contributed by atoms with E-state index in [1.54, 1.807) is 0 Å². The van der Waals surface area contributed by atoms with Gasteiger partial charge < -0.3 is 15.0 Å². The third-order valence-electron chi connectivity index (χ3n) is 4.02. The van der Waals surface area contributed by atoms with Crippen LogP contribution >= 0.6 is 0 Å². The van der Waals surface area contributed by atoms with Gasteiger partial charge in [-0.1, -0.05) is 6.07 Å². The summed E-state index contributed by atoms with van der Waals surface area (Å²) in [7, 11) is 2.20. The van der Waals surface area contributed by atoms with Gasteiger partial charge in [0.05, 0.1) is 6.61 Å². The lowest BCUT2D eigenvalue weighted by molar-refractivity contribution is 0.150. The van der Waals surface area contributed by atoms with Crippen molar-refractivity contribution in [1.82, 2.24) is 10.2 Å². The SMILES string of the molecule is CN1CCCC(COc2ccc3c(c2)CNC3)C1. The Morgan fingerprint density at radius 1 is 1.33 bits per heavy atom. The standard InChI is InChI=1S/C15H22N2O/c1-17-6-2-3-12(10-17)11-18-15-5-4-13-8-16-9-14(13)7-15/h4-5,7,12,16H,2-3,6,8-11H2,1H3. The number of hydrogen-bond donors (Lipinski definition) is 1. The van der Waals surface area contributed by atoms with Crippen LogP contribution in [0.1, 0.15) is 24.0 Å². The highest BCUT2D eigenvalue weighted by molar-refractivity contribution is 5.37. The van der Waals surface area contributed by atoms with E-state index < -0.39 is 0 Å². The quantitative estimate of drug-likeness (QED) is 0.883. The fraction of sp³-hybridized carbons (Fsp3) is 0.600. The maximum atomic E-state index is 5.96. The molecule has 2 heterocycles. The van der Waals surface area contributed by atoms with Gasteiger partial charge in [0.15, 0.2) is 0 Å². The monoisotopic (exact) mass is 246 g/mol. The lowest BCUT2D eigenvalue weighted by Crippen LogP contribution is -2.34. The predicted molar refractivity (Wildman–Crippen MR) is 72.7 cm³/mol. The second kappa shape index (κ2) is 5.29. The van der Waals surface area contributed by atoms with Gasteiger partial charge in [0.1, 0.15) is 5.75 Å². The first-order valence-corrected chi connectivity index (χ1v) is 6.95. The molecule has 1 saturated heterocycles. The summed E-state index contributed by atoms with van der Waals surface area (Å²) in [5.41, 5.74) is 2.81. The number of benzene rings is 1. The molecule has 1 unspecified atom stereocenters. The molecule has 3 heteroatoms. The number of fused-ring (bicyclic) bond motifs is 1. The molecule has 3 nitrogen and oxygen atoms in total. The fourth-order valence-corrected chi connectivity index (χ4v) is 2.98. The summed E-state index contributed by atoms with van der Waals surface area (Å²) < 4.78 is 5.96. The second-order valence-electron chi connectivity index (χ2n) is 5.62. The van der Waals surface area contributed by atoms with Gasteiger partial charge in [0.25, 0.3) is 0 Å². The van der Waals surface area contributed by atoms with E-state index in [0.717, 1.165) is 25.4 Å². The molecule has 98 valence electrons.